The minimum Gasteiger partial charge on any atom is -1.00 e. The van der Waals surface area contributed by atoms with Gasteiger partial charge in [0.25, 0.3) is 0 Å². The Morgan fingerprint density at radius 3 is 2.26 bits per heavy atom. The third-order valence-corrected chi connectivity index (χ3v) is 5.99. The number of aryl methyl sites for hydroxylation is 1. The number of nitrogens with zero attached hydrogens (tertiary/aromatic N) is 1. The molecule has 2 heterocycles. The Bertz CT molecular complexity index is 955. The van der Waals surface area contributed by atoms with Gasteiger partial charge in [0.15, 0.2) is 17.2 Å². The fraction of sp³-hybridized carbons (Fsp3) is 0.458. The van der Waals surface area contributed by atoms with E-state index in [4.69, 9.17) is 9.47 Å². The van der Waals surface area contributed by atoms with E-state index in [1.807, 2.05) is 0 Å². The zero-order valence-electron chi connectivity index (χ0n) is 17.8. The second-order valence-electron chi connectivity index (χ2n) is 8.09. The van der Waals surface area contributed by atoms with Gasteiger partial charge in [0.05, 0.1) is 5.56 Å². The minimum absolute atomic E-state index is 0. The molecule has 0 N–H and O–H groups in total. The van der Waals surface area contributed by atoms with Gasteiger partial charge < -0.3 is 33.5 Å². The SMILES string of the molecule is CCCC1C[N+](C)=C(CCc2ccc(C(F)(F)F)cc2)c2cc3c(cc21)OCCO3.[I-]. The lowest BCUT2D eigenvalue weighted by molar-refractivity contribution is -0.503. The molecule has 3 nitrogen and oxygen atoms in total. The van der Waals surface area contributed by atoms with Gasteiger partial charge in [0.1, 0.15) is 26.8 Å². The number of hydrogen-bond acceptors (Lipinski definition) is 2. The van der Waals surface area contributed by atoms with Gasteiger partial charge in [-0.15, -0.1) is 0 Å². The summed E-state index contributed by atoms with van der Waals surface area (Å²) in [6, 6.07) is 9.71. The molecule has 7 heteroatoms. The van der Waals surface area contributed by atoms with Crippen molar-refractivity contribution in [2.75, 3.05) is 26.8 Å². The van der Waals surface area contributed by atoms with Crippen LogP contribution in [0.4, 0.5) is 13.2 Å². The lowest BCUT2D eigenvalue weighted by Crippen LogP contribution is -3.00. The van der Waals surface area contributed by atoms with E-state index >= 15 is 0 Å². The van der Waals surface area contributed by atoms with Crippen molar-refractivity contribution in [2.24, 2.45) is 0 Å². The van der Waals surface area contributed by atoms with Crippen LogP contribution in [0.25, 0.3) is 0 Å². The molecule has 2 aromatic carbocycles. The predicted octanol–water partition coefficient (Wildman–Crippen LogP) is 2.44. The molecule has 2 aliphatic heterocycles. The first-order valence-electron chi connectivity index (χ1n) is 10.5. The molecule has 0 saturated heterocycles. The molecule has 0 saturated carbocycles. The van der Waals surface area contributed by atoms with Crippen LogP contribution >= 0.6 is 0 Å². The number of halogens is 4. The summed E-state index contributed by atoms with van der Waals surface area (Å²) in [5.41, 5.74) is 3.97. The second kappa shape index (κ2) is 9.79. The van der Waals surface area contributed by atoms with E-state index < -0.39 is 11.7 Å². The number of ether oxygens (including phenoxy) is 2. The van der Waals surface area contributed by atoms with Crippen molar-refractivity contribution in [3.05, 3.63) is 58.7 Å². The number of alkyl halides is 3. The number of hydrogen-bond donors (Lipinski definition) is 0. The average molecular weight is 545 g/mol. The maximum Gasteiger partial charge on any atom is 0.416 e. The smallest absolute Gasteiger partial charge is 0.416 e. The number of rotatable bonds is 5. The van der Waals surface area contributed by atoms with Crippen molar-refractivity contribution >= 4 is 5.71 Å². The molecule has 1 atom stereocenters. The molecular weight excluding hydrogens is 518 g/mol. The lowest BCUT2D eigenvalue weighted by atomic mass is 9.84. The normalized spacial score (nSPS) is 17.8. The summed E-state index contributed by atoms with van der Waals surface area (Å²) >= 11 is 0. The van der Waals surface area contributed by atoms with Gasteiger partial charge in [-0.1, -0.05) is 25.5 Å². The summed E-state index contributed by atoms with van der Waals surface area (Å²) in [7, 11) is 2.10. The number of fused-ring (bicyclic) bond motifs is 2. The zero-order chi connectivity index (χ0) is 21.3. The van der Waals surface area contributed by atoms with Crippen LogP contribution < -0.4 is 33.5 Å². The Morgan fingerprint density at radius 2 is 1.65 bits per heavy atom. The minimum atomic E-state index is -4.30. The highest BCUT2D eigenvalue weighted by Crippen LogP contribution is 2.39. The maximum atomic E-state index is 12.8. The highest BCUT2D eigenvalue weighted by molar-refractivity contribution is 5.99. The van der Waals surface area contributed by atoms with Crippen molar-refractivity contribution < 1.29 is 51.2 Å². The Balaban J connectivity index is 0.00000272. The van der Waals surface area contributed by atoms with Gasteiger partial charge in [0.2, 0.25) is 0 Å². The van der Waals surface area contributed by atoms with E-state index in [1.165, 1.54) is 16.8 Å². The van der Waals surface area contributed by atoms with E-state index in [0.29, 0.717) is 25.6 Å². The van der Waals surface area contributed by atoms with Gasteiger partial charge in [-0.05, 0) is 48.2 Å². The molecule has 31 heavy (non-hydrogen) atoms. The highest BCUT2D eigenvalue weighted by Gasteiger charge is 2.33. The molecule has 0 spiro atoms. The van der Waals surface area contributed by atoms with Gasteiger partial charge in [0, 0.05) is 17.9 Å². The molecule has 1 unspecified atom stereocenters. The standard InChI is InChI=1S/C24H27F3NO2.HI/c1-3-4-17-15-28(2)21(10-7-16-5-8-18(9-6-16)24(25,26)27)20-14-23-22(13-19(17)20)29-11-12-30-23;/h5-6,8-9,13-14,17H,3-4,7,10-12,15H2,1-2H3;1H/q+1;/p-1. The Hall–Kier alpha value is -1.77. The van der Waals surface area contributed by atoms with Crippen LogP contribution in [0.15, 0.2) is 36.4 Å². The Morgan fingerprint density at radius 1 is 1.00 bits per heavy atom. The van der Waals surface area contributed by atoms with Gasteiger partial charge in [-0.2, -0.15) is 13.2 Å². The summed E-state index contributed by atoms with van der Waals surface area (Å²) in [4.78, 5) is 0. The van der Waals surface area contributed by atoms with Crippen LogP contribution in [0.3, 0.4) is 0 Å². The Kier molecular flexibility index (Phi) is 7.55. The average Bonchev–Trinajstić information content (AvgIpc) is 2.72. The predicted molar refractivity (Wildman–Crippen MR) is 110 cm³/mol. The van der Waals surface area contributed by atoms with Crippen LogP contribution in [0.2, 0.25) is 0 Å². The molecule has 0 bridgehead atoms. The third kappa shape index (κ3) is 5.18. The van der Waals surface area contributed by atoms with E-state index in [9.17, 15) is 13.2 Å². The van der Waals surface area contributed by atoms with Gasteiger partial charge >= 0.3 is 6.18 Å². The summed E-state index contributed by atoms with van der Waals surface area (Å²) in [6.07, 6.45) is -0.654. The summed E-state index contributed by atoms with van der Waals surface area (Å²) in [6.45, 7) is 4.24. The number of benzene rings is 2. The van der Waals surface area contributed by atoms with E-state index in [2.05, 4.69) is 30.7 Å². The van der Waals surface area contributed by atoms with Crippen molar-refractivity contribution in [3.8, 4) is 11.5 Å². The summed E-state index contributed by atoms with van der Waals surface area (Å²) < 4.78 is 52.4. The topological polar surface area (TPSA) is 21.5 Å². The fourth-order valence-corrected chi connectivity index (χ4v) is 4.48. The van der Waals surface area contributed by atoms with Crippen LogP contribution in [-0.2, 0) is 12.6 Å². The molecule has 2 aromatic rings. The zero-order valence-corrected chi connectivity index (χ0v) is 19.9. The van der Waals surface area contributed by atoms with Crippen molar-refractivity contribution in [1.82, 2.24) is 0 Å². The molecule has 0 amide bonds. The van der Waals surface area contributed by atoms with Gasteiger partial charge in [-0.3, -0.25) is 0 Å². The van der Waals surface area contributed by atoms with Crippen molar-refractivity contribution in [3.63, 3.8) is 0 Å². The molecule has 2 aliphatic rings. The first kappa shape index (κ1) is 23.9. The third-order valence-electron chi connectivity index (χ3n) is 5.99. The Labute approximate surface area is 198 Å². The van der Waals surface area contributed by atoms with E-state index in [0.717, 1.165) is 55.0 Å². The van der Waals surface area contributed by atoms with Crippen LogP contribution in [0.1, 0.15) is 54.4 Å². The quantitative estimate of drug-likeness (QED) is 0.426. The monoisotopic (exact) mass is 545 g/mol. The van der Waals surface area contributed by atoms with Crippen molar-refractivity contribution in [2.45, 2.75) is 44.7 Å². The fourth-order valence-electron chi connectivity index (χ4n) is 4.48. The van der Waals surface area contributed by atoms with E-state index in [-0.39, 0.29) is 24.0 Å². The largest absolute Gasteiger partial charge is 1.00 e. The first-order valence-corrected chi connectivity index (χ1v) is 10.5. The summed E-state index contributed by atoms with van der Waals surface area (Å²) in [5, 5.41) is 0. The van der Waals surface area contributed by atoms with Crippen LogP contribution in [0, 0.1) is 0 Å². The van der Waals surface area contributed by atoms with Crippen LogP contribution in [-0.4, -0.2) is 37.1 Å². The molecule has 0 aliphatic carbocycles. The molecule has 0 radical (unpaired) electrons. The molecule has 4 rings (SSSR count). The molecular formula is C24H27F3INO2. The second-order valence-corrected chi connectivity index (χ2v) is 8.09. The maximum absolute atomic E-state index is 12.8. The lowest BCUT2D eigenvalue weighted by Gasteiger charge is -2.27. The molecule has 0 fully saturated rings. The molecule has 0 aromatic heterocycles. The number of likely N-dealkylation sites (N-methyl/N-ethyl adjacent to an activating group) is 1. The van der Waals surface area contributed by atoms with E-state index in [1.54, 1.807) is 12.1 Å². The highest BCUT2D eigenvalue weighted by atomic mass is 127. The van der Waals surface area contributed by atoms with Crippen LogP contribution in [0.5, 0.6) is 11.5 Å². The molecule has 168 valence electrons. The van der Waals surface area contributed by atoms with Crippen molar-refractivity contribution in [1.29, 1.82) is 0 Å². The first-order chi connectivity index (χ1) is 14.4. The summed E-state index contributed by atoms with van der Waals surface area (Å²) in [5.74, 6) is 2.02. The van der Waals surface area contributed by atoms with Gasteiger partial charge in [-0.25, -0.2) is 4.58 Å².